The largest absolute Gasteiger partial charge is 0.394 e. The summed E-state index contributed by atoms with van der Waals surface area (Å²) < 4.78 is 33.7. The van der Waals surface area contributed by atoms with E-state index in [0.717, 1.165) is 32.1 Å². The molecule has 0 aromatic rings. The lowest BCUT2D eigenvalue weighted by Crippen LogP contribution is -2.66. The molecule has 1 amide bonds. The number of unbranched alkanes of at least 4 members (excludes halogenated alkanes) is 1. The number of carbonyl (C=O) groups is 1. The maximum atomic E-state index is 12.9. The Labute approximate surface area is 368 Å². The fourth-order valence-corrected chi connectivity index (χ4v) is 6.85. The van der Waals surface area contributed by atoms with Crippen LogP contribution in [0.1, 0.15) is 65.2 Å². The second kappa shape index (κ2) is 29.7. The third-order valence-electron chi connectivity index (χ3n) is 10.5. The Morgan fingerprint density at radius 3 is 1.51 bits per heavy atom. The Morgan fingerprint density at radius 2 is 1.02 bits per heavy atom. The van der Waals surface area contributed by atoms with Gasteiger partial charge in [-0.2, -0.15) is 0 Å². The molecular formula is C44H71NO18. The van der Waals surface area contributed by atoms with Crippen LogP contribution in [-0.2, 0) is 33.2 Å². The van der Waals surface area contributed by atoms with Gasteiger partial charge >= 0.3 is 0 Å². The van der Waals surface area contributed by atoms with Crippen molar-refractivity contribution in [3.63, 3.8) is 0 Å². The van der Waals surface area contributed by atoms with E-state index < -0.39 is 137 Å². The van der Waals surface area contributed by atoms with E-state index in [0.29, 0.717) is 12.8 Å². The van der Waals surface area contributed by atoms with Gasteiger partial charge in [0.25, 0.3) is 0 Å². The Balaban J connectivity index is 1.56. The van der Waals surface area contributed by atoms with E-state index in [1.54, 1.807) is 12.2 Å². The van der Waals surface area contributed by atoms with Crippen LogP contribution in [0.25, 0.3) is 0 Å². The minimum Gasteiger partial charge on any atom is -0.394 e. The predicted molar refractivity (Wildman–Crippen MR) is 226 cm³/mol. The minimum absolute atomic E-state index is 0.00381. The summed E-state index contributed by atoms with van der Waals surface area (Å²) in [6.07, 6.45) is 2.24. The van der Waals surface area contributed by atoms with E-state index in [9.17, 15) is 61.0 Å². The number of carbonyl (C=O) groups excluding carboxylic acids is 1. The first-order valence-electron chi connectivity index (χ1n) is 21.7. The molecule has 0 aliphatic carbocycles. The van der Waals surface area contributed by atoms with Crippen molar-refractivity contribution in [3.05, 3.63) is 72.9 Å². The van der Waals surface area contributed by atoms with Gasteiger partial charge in [-0.1, -0.05) is 93.2 Å². The molecule has 360 valence electrons. The van der Waals surface area contributed by atoms with E-state index in [1.807, 2.05) is 25.2 Å². The number of hydrogen-bond acceptors (Lipinski definition) is 18. The summed E-state index contributed by atoms with van der Waals surface area (Å²) in [6, 6.07) is -1.02. The molecule has 0 bridgehead atoms. The molecule has 0 aromatic carbocycles. The highest BCUT2D eigenvalue weighted by Crippen LogP contribution is 2.32. The van der Waals surface area contributed by atoms with Crippen molar-refractivity contribution in [2.75, 3.05) is 26.4 Å². The molecule has 63 heavy (non-hydrogen) atoms. The summed E-state index contributed by atoms with van der Waals surface area (Å²) in [6.45, 7) is 1.20. The van der Waals surface area contributed by atoms with Crippen LogP contribution >= 0.6 is 0 Å². The van der Waals surface area contributed by atoms with Gasteiger partial charge in [0.15, 0.2) is 18.9 Å². The van der Waals surface area contributed by atoms with Crippen LogP contribution in [-0.4, -0.2) is 193 Å². The van der Waals surface area contributed by atoms with Crippen molar-refractivity contribution < 1.29 is 89.4 Å². The van der Waals surface area contributed by atoms with Gasteiger partial charge in [0, 0.05) is 6.42 Å². The zero-order chi connectivity index (χ0) is 46.3. The Morgan fingerprint density at radius 1 is 0.571 bits per heavy atom. The van der Waals surface area contributed by atoms with Crippen LogP contribution in [0.2, 0.25) is 0 Å². The van der Waals surface area contributed by atoms with Crippen LogP contribution in [0.4, 0.5) is 0 Å². The molecule has 0 saturated carbocycles. The standard InChI is InChI=1S/C44H71NO18/c1-3-5-7-8-9-10-11-12-13-14-15-16-17-18-20-22-32(50)45-27(28(49)21-19-6-4-2)26-58-42-38(56)35(53)40(30(24-47)60-42)63-44-39(57)36(54)41(31(25-48)61-44)62-43-37(55)34(52)33(51)29(23-46)59-43/h5,7,9-10,12-13,15-16,18-21,27-31,33-44,46-49,51-57H,3-4,6,8,11,14,17,22-26H2,1-2H3,(H,45,50)/b7-5-,10-9-,13-12-,16-15-,20-18-,21-19+. The lowest BCUT2D eigenvalue weighted by atomic mass is 9.96. The van der Waals surface area contributed by atoms with Gasteiger partial charge in [0.2, 0.25) is 5.91 Å². The average molecular weight is 902 g/mol. The third-order valence-corrected chi connectivity index (χ3v) is 10.5. The van der Waals surface area contributed by atoms with Gasteiger partial charge in [-0.25, -0.2) is 0 Å². The van der Waals surface area contributed by atoms with E-state index in [1.165, 1.54) is 6.08 Å². The van der Waals surface area contributed by atoms with Gasteiger partial charge < -0.3 is 89.9 Å². The highest BCUT2D eigenvalue weighted by atomic mass is 16.8. The second-order valence-electron chi connectivity index (χ2n) is 15.4. The third kappa shape index (κ3) is 17.2. The molecule has 0 radical (unpaired) electrons. The van der Waals surface area contributed by atoms with Crippen molar-refractivity contribution >= 4 is 5.91 Å². The van der Waals surface area contributed by atoms with Gasteiger partial charge in [0.05, 0.1) is 38.6 Å². The Hall–Kier alpha value is -2.77. The van der Waals surface area contributed by atoms with Gasteiger partial charge in [0.1, 0.15) is 73.2 Å². The molecular weight excluding hydrogens is 830 g/mol. The Bertz CT molecular complexity index is 1450. The normalized spacial score (nSPS) is 35.5. The summed E-state index contributed by atoms with van der Waals surface area (Å²) in [4.78, 5) is 12.9. The number of rotatable bonds is 26. The number of hydrogen-bond donors (Lipinski definition) is 12. The second-order valence-corrected chi connectivity index (χ2v) is 15.4. The Kier molecular flexibility index (Phi) is 25.7. The maximum Gasteiger partial charge on any atom is 0.224 e. The van der Waals surface area contributed by atoms with Crippen LogP contribution in [0.3, 0.4) is 0 Å². The van der Waals surface area contributed by atoms with Crippen LogP contribution < -0.4 is 5.32 Å². The van der Waals surface area contributed by atoms with E-state index >= 15 is 0 Å². The lowest BCUT2D eigenvalue weighted by Gasteiger charge is -2.48. The molecule has 17 atom stereocenters. The number of amides is 1. The van der Waals surface area contributed by atoms with Crippen LogP contribution in [0.15, 0.2) is 72.9 Å². The highest BCUT2D eigenvalue weighted by Gasteiger charge is 2.53. The average Bonchev–Trinajstić information content (AvgIpc) is 3.28. The van der Waals surface area contributed by atoms with Crippen molar-refractivity contribution in [2.24, 2.45) is 0 Å². The summed E-state index contributed by atoms with van der Waals surface area (Å²) in [7, 11) is 0. The van der Waals surface area contributed by atoms with Crippen LogP contribution in [0, 0.1) is 0 Å². The smallest absolute Gasteiger partial charge is 0.224 e. The topological polar surface area (TPSA) is 307 Å². The molecule has 3 saturated heterocycles. The maximum absolute atomic E-state index is 12.9. The first kappa shape index (κ1) is 54.6. The lowest BCUT2D eigenvalue weighted by molar-refractivity contribution is -0.379. The molecule has 19 heteroatoms. The number of ether oxygens (including phenoxy) is 6. The molecule has 3 rings (SSSR count). The fourth-order valence-electron chi connectivity index (χ4n) is 6.85. The van der Waals surface area contributed by atoms with Gasteiger partial charge in [-0.3, -0.25) is 4.79 Å². The SMILES string of the molecule is CC/C=C\C/C=C\C/C=C\C/C=C\C/C=C\CC(=O)NC(COC1OC(CO)C(OC2OC(CO)C(OC3OC(CO)C(O)C(O)C3O)C(O)C2O)C(O)C1O)C(O)/C=C/CCC. The van der Waals surface area contributed by atoms with Crippen molar-refractivity contribution in [1.29, 1.82) is 0 Å². The number of aliphatic hydroxyl groups excluding tert-OH is 11. The van der Waals surface area contributed by atoms with Crippen LogP contribution in [0.5, 0.6) is 0 Å². The van der Waals surface area contributed by atoms with E-state index in [-0.39, 0.29) is 6.42 Å². The van der Waals surface area contributed by atoms with Crippen molar-refractivity contribution in [1.82, 2.24) is 5.32 Å². The van der Waals surface area contributed by atoms with E-state index in [4.69, 9.17) is 28.4 Å². The summed E-state index contributed by atoms with van der Waals surface area (Å²) in [5.74, 6) is -0.421. The zero-order valence-electron chi connectivity index (χ0n) is 36.0. The quantitative estimate of drug-likeness (QED) is 0.0454. The number of nitrogens with one attached hydrogen (secondary N) is 1. The molecule has 3 aliphatic rings. The van der Waals surface area contributed by atoms with Gasteiger partial charge in [-0.05, 0) is 38.5 Å². The monoisotopic (exact) mass is 901 g/mol. The summed E-state index contributed by atoms with van der Waals surface area (Å²) in [5, 5.41) is 118. The molecule has 3 heterocycles. The molecule has 0 aromatic heterocycles. The summed E-state index contributed by atoms with van der Waals surface area (Å²) >= 11 is 0. The highest BCUT2D eigenvalue weighted by molar-refractivity contribution is 5.77. The first-order chi connectivity index (χ1) is 30.3. The van der Waals surface area contributed by atoms with E-state index in [2.05, 4.69) is 48.7 Å². The fraction of sp³-hybridized carbons (Fsp3) is 0.705. The molecule has 0 spiro atoms. The summed E-state index contributed by atoms with van der Waals surface area (Å²) in [5.41, 5.74) is 0. The zero-order valence-corrected chi connectivity index (χ0v) is 36.0. The predicted octanol–water partition coefficient (Wildman–Crippen LogP) is -1.21. The minimum atomic E-state index is -1.98. The number of aliphatic hydroxyl groups is 11. The molecule has 12 N–H and O–H groups in total. The first-order valence-corrected chi connectivity index (χ1v) is 21.7. The number of allylic oxidation sites excluding steroid dienone is 10. The van der Waals surface area contributed by atoms with Crippen molar-refractivity contribution in [3.8, 4) is 0 Å². The van der Waals surface area contributed by atoms with Gasteiger partial charge in [-0.15, -0.1) is 0 Å². The molecule has 17 unspecified atom stereocenters. The molecule has 3 fully saturated rings. The molecule has 3 aliphatic heterocycles. The van der Waals surface area contributed by atoms with Crippen molar-refractivity contribution in [2.45, 2.75) is 169 Å². The molecule has 19 nitrogen and oxygen atoms in total.